The number of ether oxygens (including phenoxy) is 2. The summed E-state index contributed by atoms with van der Waals surface area (Å²) in [5.41, 5.74) is 6.02. The summed E-state index contributed by atoms with van der Waals surface area (Å²) in [6.45, 7) is 6.67. The number of imidazole rings is 1. The molecule has 7 nitrogen and oxygen atoms in total. The van der Waals surface area contributed by atoms with Gasteiger partial charge in [0.15, 0.2) is 5.58 Å². The SMILES string of the molecule is COCCn1c(-c2ccc3onc(C)c3c2)nc2ccc(N3CCOCC3)cc21. The van der Waals surface area contributed by atoms with E-state index in [4.69, 9.17) is 19.0 Å². The lowest BCUT2D eigenvalue weighted by Crippen LogP contribution is -2.36. The van der Waals surface area contributed by atoms with Gasteiger partial charge in [-0.3, -0.25) is 0 Å². The maximum Gasteiger partial charge on any atom is 0.167 e. The van der Waals surface area contributed by atoms with Crippen LogP contribution in [0.1, 0.15) is 5.69 Å². The topological polar surface area (TPSA) is 65.5 Å². The van der Waals surface area contributed by atoms with Crippen LogP contribution in [0.5, 0.6) is 0 Å². The average Bonchev–Trinajstić information content (AvgIpc) is 3.32. The molecule has 1 saturated heterocycles. The van der Waals surface area contributed by atoms with E-state index < -0.39 is 0 Å². The molecule has 1 aliphatic heterocycles. The van der Waals surface area contributed by atoms with Gasteiger partial charge in [-0.2, -0.15) is 0 Å². The molecule has 2 aromatic heterocycles. The number of hydrogen-bond donors (Lipinski definition) is 0. The van der Waals surface area contributed by atoms with Gasteiger partial charge in [0.25, 0.3) is 0 Å². The molecular formula is C22H24N4O3. The van der Waals surface area contributed by atoms with Crippen LogP contribution >= 0.6 is 0 Å². The maximum absolute atomic E-state index is 5.50. The molecule has 0 bridgehead atoms. The van der Waals surface area contributed by atoms with Crippen molar-refractivity contribution in [2.24, 2.45) is 0 Å². The molecule has 3 heterocycles. The average molecular weight is 392 g/mol. The molecule has 29 heavy (non-hydrogen) atoms. The summed E-state index contributed by atoms with van der Waals surface area (Å²) < 4.78 is 18.5. The van der Waals surface area contributed by atoms with E-state index >= 15 is 0 Å². The van der Waals surface area contributed by atoms with Crippen molar-refractivity contribution in [1.82, 2.24) is 14.7 Å². The zero-order valence-corrected chi connectivity index (χ0v) is 16.7. The Hall–Kier alpha value is -2.90. The lowest BCUT2D eigenvalue weighted by atomic mass is 10.1. The molecule has 5 rings (SSSR count). The Bertz CT molecular complexity index is 1160. The second-order valence-corrected chi connectivity index (χ2v) is 7.33. The summed E-state index contributed by atoms with van der Waals surface area (Å²) in [5, 5.41) is 5.09. The molecule has 0 amide bonds. The fourth-order valence-electron chi connectivity index (χ4n) is 3.96. The lowest BCUT2D eigenvalue weighted by molar-refractivity contribution is 0.122. The number of hydrogen-bond acceptors (Lipinski definition) is 6. The fourth-order valence-corrected chi connectivity index (χ4v) is 3.96. The van der Waals surface area contributed by atoms with E-state index in [1.54, 1.807) is 7.11 Å². The number of benzene rings is 2. The number of morpholine rings is 1. The highest BCUT2D eigenvalue weighted by molar-refractivity contribution is 5.88. The lowest BCUT2D eigenvalue weighted by Gasteiger charge is -2.28. The van der Waals surface area contributed by atoms with Crippen molar-refractivity contribution < 1.29 is 14.0 Å². The molecule has 0 N–H and O–H groups in total. The van der Waals surface area contributed by atoms with Crippen LogP contribution in [0, 0.1) is 6.92 Å². The predicted molar refractivity (Wildman–Crippen MR) is 112 cm³/mol. The maximum atomic E-state index is 5.50. The second-order valence-electron chi connectivity index (χ2n) is 7.33. The van der Waals surface area contributed by atoms with E-state index in [9.17, 15) is 0 Å². The molecule has 1 aliphatic rings. The van der Waals surface area contributed by atoms with Crippen LogP contribution in [0.15, 0.2) is 40.9 Å². The van der Waals surface area contributed by atoms with E-state index in [2.05, 4.69) is 38.9 Å². The van der Waals surface area contributed by atoms with E-state index in [1.165, 1.54) is 5.69 Å². The summed E-state index contributed by atoms with van der Waals surface area (Å²) in [6.07, 6.45) is 0. The first-order valence-electron chi connectivity index (χ1n) is 9.93. The van der Waals surface area contributed by atoms with Gasteiger partial charge in [-0.05, 0) is 43.3 Å². The van der Waals surface area contributed by atoms with Gasteiger partial charge in [-0.1, -0.05) is 5.16 Å². The number of methoxy groups -OCH3 is 1. The molecule has 0 radical (unpaired) electrons. The third kappa shape index (κ3) is 3.26. The first-order chi connectivity index (χ1) is 14.2. The highest BCUT2D eigenvalue weighted by Gasteiger charge is 2.17. The zero-order valence-electron chi connectivity index (χ0n) is 16.7. The molecule has 0 saturated carbocycles. The predicted octanol–water partition coefficient (Wildman–Crippen LogP) is 3.64. The molecule has 7 heteroatoms. The zero-order chi connectivity index (χ0) is 19.8. The minimum Gasteiger partial charge on any atom is -0.383 e. The highest BCUT2D eigenvalue weighted by Crippen LogP contribution is 2.31. The van der Waals surface area contributed by atoms with Gasteiger partial charge >= 0.3 is 0 Å². The summed E-state index contributed by atoms with van der Waals surface area (Å²) in [6, 6.07) is 12.6. The Balaban J connectivity index is 1.63. The molecule has 0 atom stereocenters. The first-order valence-corrected chi connectivity index (χ1v) is 9.93. The number of rotatable bonds is 5. The summed E-state index contributed by atoms with van der Waals surface area (Å²) >= 11 is 0. The molecule has 0 unspecified atom stereocenters. The van der Waals surface area contributed by atoms with Gasteiger partial charge in [-0.15, -0.1) is 0 Å². The van der Waals surface area contributed by atoms with Crippen LogP contribution in [-0.4, -0.2) is 54.7 Å². The van der Waals surface area contributed by atoms with Gasteiger partial charge in [-0.25, -0.2) is 4.98 Å². The van der Waals surface area contributed by atoms with E-state index in [1.807, 2.05) is 19.1 Å². The number of fused-ring (bicyclic) bond motifs is 2. The number of aryl methyl sites for hydroxylation is 1. The summed E-state index contributed by atoms with van der Waals surface area (Å²) in [7, 11) is 1.73. The van der Waals surface area contributed by atoms with Crippen molar-refractivity contribution in [1.29, 1.82) is 0 Å². The number of anilines is 1. The molecule has 4 aromatic rings. The van der Waals surface area contributed by atoms with Crippen molar-refractivity contribution >= 4 is 27.7 Å². The molecule has 0 aliphatic carbocycles. The molecule has 1 fully saturated rings. The molecule has 0 spiro atoms. The van der Waals surface area contributed by atoms with Crippen LogP contribution in [0.3, 0.4) is 0 Å². The Morgan fingerprint density at radius 1 is 1.10 bits per heavy atom. The van der Waals surface area contributed by atoms with Gasteiger partial charge in [0.2, 0.25) is 0 Å². The van der Waals surface area contributed by atoms with E-state index in [0.29, 0.717) is 6.61 Å². The minimum atomic E-state index is 0.620. The largest absolute Gasteiger partial charge is 0.383 e. The van der Waals surface area contributed by atoms with Gasteiger partial charge in [0.05, 0.1) is 36.5 Å². The molecule has 150 valence electrons. The van der Waals surface area contributed by atoms with Crippen molar-refractivity contribution in [3.63, 3.8) is 0 Å². The van der Waals surface area contributed by atoms with Crippen molar-refractivity contribution in [3.05, 3.63) is 42.1 Å². The second kappa shape index (κ2) is 7.50. The van der Waals surface area contributed by atoms with E-state index in [-0.39, 0.29) is 0 Å². The fraction of sp³-hybridized carbons (Fsp3) is 0.364. The quantitative estimate of drug-likeness (QED) is 0.517. The van der Waals surface area contributed by atoms with Crippen molar-refractivity contribution in [2.45, 2.75) is 13.5 Å². The van der Waals surface area contributed by atoms with Crippen molar-refractivity contribution in [3.8, 4) is 11.4 Å². The Morgan fingerprint density at radius 2 is 1.97 bits per heavy atom. The van der Waals surface area contributed by atoms with Crippen LogP contribution in [0.25, 0.3) is 33.4 Å². The smallest absolute Gasteiger partial charge is 0.167 e. The van der Waals surface area contributed by atoms with Crippen LogP contribution in [-0.2, 0) is 16.0 Å². The molecule has 2 aromatic carbocycles. The first kappa shape index (κ1) is 18.1. The standard InChI is InChI=1S/C22H24N4O3/c1-15-18-13-16(3-6-21(18)29-24-15)22-23-19-5-4-17(25-7-11-28-12-8-25)14-20(19)26(22)9-10-27-2/h3-6,13-14H,7-12H2,1-2H3. The van der Waals surface area contributed by atoms with Crippen LogP contribution < -0.4 is 4.90 Å². The van der Waals surface area contributed by atoms with E-state index in [0.717, 1.165) is 71.9 Å². The summed E-state index contributed by atoms with van der Waals surface area (Å²) in [5.74, 6) is 0.929. The van der Waals surface area contributed by atoms with Crippen LogP contribution in [0.2, 0.25) is 0 Å². The highest BCUT2D eigenvalue weighted by atomic mass is 16.5. The van der Waals surface area contributed by atoms with Gasteiger partial charge < -0.3 is 23.5 Å². The van der Waals surface area contributed by atoms with Crippen molar-refractivity contribution in [2.75, 3.05) is 44.9 Å². The van der Waals surface area contributed by atoms with Crippen LogP contribution in [0.4, 0.5) is 5.69 Å². The Labute approximate surface area is 168 Å². The van der Waals surface area contributed by atoms with Gasteiger partial charge in [0, 0.05) is 43.4 Å². The third-order valence-electron chi connectivity index (χ3n) is 5.54. The minimum absolute atomic E-state index is 0.620. The van der Waals surface area contributed by atoms with Gasteiger partial charge in [0.1, 0.15) is 5.82 Å². The molecular weight excluding hydrogens is 368 g/mol. The Morgan fingerprint density at radius 3 is 2.79 bits per heavy atom. The monoisotopic (exact) mass is 392 g/mol. The number of aromatic nitrogens is 3. The third-order valence-corrected chi connectivity index (χ3v) is 5.54. The number of nitrogens with zero attached hydrogens (tertiary/aromatic N) is 4. The Kier molecular flexibility index (Phi) is 4.69. The summed E-state index contributed by atoms with van der Waals surface area (Å²) in [4.78, 5) is 7.32. The normalized spacial score (nSPS) is 14.9.